The van der Waals surface area contributed by atoms with Crippen LogP contribution < -0.4 is 4.74 Å². The topological polar surface area (TPSA) is 41.8 Å². The number of oxime groups is 1. The van der Waals surface area contributed by atoms with Crippen LogP contribution in [-0.2, 0) is 0 Å². The third kappa shape index (κ3) is 2.78. The van der Waals surface area contributed by atoms with Crippen LogP contribution in [0.25, 0.3) is 0 Å². The second kappa shape index (κ2) is 4.50. The van der Waals surface area contributed by atoms with Gasteiger partial charge in [0.15, 0.2) is 0 Å². The lowest BCUT2D eigenvalue weighted by Gasteiger charge is -2.11. The highest BCUT2D eigenvalue weighted by Gasteiger charge is 2.01. The second-order valence-corrected chi connectivity index (χ2v) is 2.95. The van der Waals surface area contributed by atoms with Crippen LogP contribution >= 0.6 is 0 Å². The molecule has 1 aromatic carbocycles. The molecule has 0 aliphatic carbocycles. The highest BCUT2D eigenvalue weighted by Crippen LogP contribution is 2.17. The number of benzene rings is 1. The lowest BCUT2D eigenvalue weighted by atomic mass is 10.2. The number of hydrogen-bond donors (Lipinski definition) is 1. The molecule has 0 heterocycles. The highest BCUT2D eigenvalue weighted by atomic mass is 16.5. The molecule has 0 fully saturated rings. The highest BCUT2D eigenvalue weighted by molar-refractivity contribution is 5.82. The van der Waals surface area contributed by atoms with Gasteiger partial charge in [0, 0.05) is 5.56 Å². The summed E-state index contributed by atoms with van der Waals surface area (Å²) in [6, 6.07) is 7.42. The fourth-order valence-electron chi connectivity index (χ4n) is 1.01. The maximum absolute atomic E-state index is 8.39. The average molecular weight is 179 g/mol. The minimum Gasteiger partial charge on any atom is -0.490 e. The van der Waals surface area contributed by atoms with Crippen molar-refractivity contribution in [3.63, 3.8) is 0 Å². The summed E-state index contributed by atoms with van der Waals surface area (Å²) in [5.74, 6) is 0.732. The van der Waals surface area contributed by atoms with Crippen LogP contribution in [0.3, 0.4) is 0 Å². The minimum absolute atomic E-state index is 0.119. The molecule has 0 aliphatic heterocycles. The van der Waals surface area contributed by atoms with Gasteiger partial charge in [-0.05, 0) is 26.0 Å². The van der Waals surface area contributed by atoms with Crippen LogP contribution in [0.4, 0.5) is 0 Å². The minimum atomic E-state index is 0.119. The van der Waals surface area contributed by atoms with E-state index in [1.165, 1.54) is 6.21 Å². The summed E-state index contributed by atoms with van der Waals surface area (Å²) < 4.78 is 5.50. The summed E-state index contributed by atoms with van der Waals surface area (Å²) >= 11 is 0. The number of rotatable bonds is 3. The van der Waals surface area contributed by atoms with Crippen LogP contribution in [0.2, 0.25) is 0 Å². The van der Waals surface area contributed by atoms with Crippen molar-refractivity contribution in [1.82, 2.24) is 0 Å². The molecule has 0 amide bonds. The van der Waals surface area contributed by atoms with Gasteiger partial charge < -0.3 is 9.94 Å². The van der Waals surface area contributed by atoms with Gasteiger partial charge in [-0.15, -0.1) is 0 Å². The van der Waals surface area contributed by atoms with Crippen LogP contribution in [-0.4, -0.2) is 17.5 Å². The Bertz CT molecular complexity index is 295. The van der Waals surface area contributed by atoms with Gasteiger partial charge in [-0.2, -0.15) is 0 Å². The molecular formula is C10H13NO2. The SMILES string of the molecule is CC(C)Oc1ccccc1/C=N/O. The van der Waals surface area contributed by atoms with Crippen molar-refractivity contribution in [1.29, 1.82) is 0 Å². The normalized spacial score (nSPS) is 11.0. The van der Waals surface area contributed by atoms with Gasteiger partial charge in [0.25, 0.3) is 0 Å². The van der Waals surface area contributed by atoms with Crippen LogP contribution in [0.15, 0.2) is 29.4 Å². The first kappa shape index (κ1) is 9.58. The maximum atomic E-state index is 8.39. The van der Waals surface area contributed by atoms with Crippen molar-refractivity contribution in [2.24, 2.45) is 5.16 Å². The summed E-state index contributed by atoms with van der Waals surface area (Å²) in [6.45, 7) is 3.90. The maximum Gasteiger partial charge on any atom is 0.128 e. The molecule has 0 aromatic heterocycles. The van der Waals surface area contributed by atoms with Gasteiger partial charge >= 0.3 is 0 Å². The molecule has 1 N–H and O–H groups in total. The molecule has 70 valence electrons. The van der Waals surface area contributed by atoms with E-state index in [1.807, 2.05) is 38.1 Å². The molecule has 3 heteroatoms. The van der Waals surface area contributed by atoms with Crippen molar-refractivity contribution in [3.05, 3.63) is 29.8 Å². The third-order valence-electron chi connectivity index (χ3n) is 1.48. The van der Waals surface area contributed by atoms with E-state index in [9.17, 15) is 0 Å². The van der Waals surface area contributed by atoms with E-state index in [0.717, 1.165) is 11.3 Å². The van der Waals surface area contributed by atoms with Gasteiger partial charge in [-0.1, -0.05) is 17.3 Å². The summed E-state index contributed by atoms with van der Waals surface area (Å²) in [7, 11) is 0. The standard InChI is InChI=1S/C10H13NO2/c1-8(2)13-10-6-4-3-5-9(10)7-11-12/h3-8,12H,1-2H3/b11-7+. The molecule has 1 aromatic rings. The van der Waals surface area contributed by atoms with Crippen molar-refractivity contribution < 1.29 is 9.94 Å². The molecule has 0 bridgehead atoms. The predicted octanol–water partition coefficient (Wildman–Crippen LogP) is 2.28. The zero-order valence-corrected chi connectivity index (χ0v) is 7.77. The molecule has 0 spiro atoms. The van der Waals surface area contributed by atoms with E-state index < -0.39 is 0 Å². The zero-order chi connectivity index (χ0) is 9.68. The van der Waals surface area contributed by atoms with Gasteiger partial charge in [0.05, 0.1) is 12.3 Å². The van der Waals surface area contributed by atoms with Crippen molar-refractivity contribution in [2.75, 3.05) is 0 Å². The molecule has 0 saturated heterocycles. The Balaban J connectivity index is 2.90. The molecule has 0 aliphatic rings. The fraction of sp³-hybridized carbons (Fsp3) is 0.300. The van der Waals surface area contributed by atoms with E-state index in [2.05, 4.69) is 5.16 Å². The third-order valence-corrected chi connectivity index (χ3v) is 1.48. The van der Waals surface area contributed by atoms with E-state index in [0.29, 0.717) is 0 Å². The summed E-state index contributed by atoms with van der Waals surface area (Å²) in [5.41, 5.74) is 0.777. The molecule has 0 radical (unpaired) electrons. The lowest BCUT2D eigenvalue weighted by Crippen LogP contribution is -2.07. The van der Waals surface area contributed by atoms with Gasteiger partial charge in [-0.25, -0.2) is 0 Å². The van der Waals surface area contributed by atoms with Gasteiger partial charge in [-0.3, -0.25) is 0 Å². The second-order valence-electron chi connectivity index (χ2n) is 2.95. The first-order valence-electron chi connectivity index (χ1n) is 4.17. The zero-order valence-electron chi connectivity index (χ0n) is 7.77. The number of ether oxygens (including phenoxy) is 1. The number of para-hydroxylation sites is 1. The lowest BCUT2D eigenvalue weighted by molar-refractivity contribution is 0.242. The Morgan fingerprint density at radius 3 is 2.69 bits per heavy atom. The summed E-state index contributed by atoms with van der Waals surface area (Å²) in [5, 5.41) is 11.4. The smallest absolute Gasteiger partial charge is 0.128 e. The Morgan fingerprint density at radius 2 is 2.08 bits per heavy atom. The largest absolute Gasteiger partial charge is 0.490 e. The molecule has 0 saturated carbocycles. The number of hydrogen-bond acceptors (Lipinski definition) is 3. The molecule has 0 unspecified atom stereocenters. The Kier molecular flexibility index (Phi) is 3.31. The summed E-state index contributed by atoms with van der Waals surface area (Å²) in [4.78, 5) is 0. The molecule has 13 heavy (non-hydrogen) atoms. The van der Waals surface area contributed by atoms with Crippen LogP contribution in [0.1, 0.15) is 19.4 Å². The van der Waals surface area contributed by atoms with Crippen molar-refractivity contribution in [2.45, 2.75) is 20.0 Å². The quantitative estimate of drug-likeness (QED) is 0.439. The van der Waals surface area contributed by atoms with Gasteiger partial charge in [0.1, 0.15) is 5.75 Å². The Hall–Kier alpha value is -1.51. The molecule has 0 atom stereocenters. The average Bonchev–Trinajstić information content (AvgIpc) is 2.08. The van der Waals surface area contributed by atoms with Crippen molar-refractivity contribution in [3.8, 4) is 5.75 Å². The Morgan fingerprint density at radius 1 is 1.38 bits per heavy atom. The molecule has 1 rings (SSSR count). The van der Waals surface area contributed by atoms with Crippen LogP contribution in [0, 0.1) is 0 Å². The van der Waals surface area contributed by atoms with E-state index in [1.54, 1.807) is 0 Å². The molecular weight excluding hydrogens is 166 g/mol. The van der Waals surface area contributed by atoms with E-state index in [-0.39, 0.29) is 6.10 Å². The fourth-order valence-corrected chi connectivity index (χ4v) is 1.01. The monoisotopic (exact) mass is 179 g/mol. The number of nitrogens with zero attached hydrogens (tertiary/aromatic N) is 1. The first-order valence-corrected chi connectivity index (χ1v) is 4.17. The van der Waals surface area contributed by atoms with Crippen LogP contribution in [0.5, 0.6) is 5.75 Å². The van der Waals surface area contributed by atoms with E-state index in [4.69, 9.17) is 9.94 Å². The Labute approximate surface area is 77.6 Å². The molecule has 3 nitrogen and oxygen atoms in total. The predicted molar refractivity (Wildman–Crippen MR) is 51.6 cm³/mol. The van der Waals surface area contributed by atoms with E-state index >= 15 is 0 Å². The van der Waals surface area contributed by atoms with Gasteiger partial charge in [0.2, 0.25) is 0 Å². The van der Waals surface area contributed by atoms with Crippen molar-refractivity contribution >= 4 is 6.21 Å². The summed E-state index contributed by atoms with van der Waals surface area (Å²) in [6.07, 6.45) is 1.48. The first-order chi connectivity index (χ1) is 6.24.